The number of hydrogen-bond acceptors (Lipinski definition) is 6. The maximum atomic E-state index is 12.2. The van der Waals surface area contributed by atoms with Gasteiger partial charge in [-0.25, -0.2) is 0 Å². The monoisotopic (exact) mass is 502 g/mol. The molecule has 0 spiro atoms. The summed E-state index contributed by atoms with van der Waals surface area (Å²) in [5.74, 6) is 0.588. The fraction of sp³-hybridized carbons (Fsp3) is 0.826. The van der Waals surface area contributed by atoms with Crippen molar-refractivity contribution in [1.29, 1.82) is 5.26 Å². The Hall–Kier alpha value is -2.39. The molecule has 3 aliphatic rings. The van der Waals surface area contributed by atoms with Gasteiger partial charge in [0.2, 0.25) is 18.2 Å². The molecule has 5 atom stereocenters. The number of halogens is 3. The molecule has 1 saturated carbocycles. The lowest BCUT2D eigenvalue weighted by molar-refractivity contribution is -0.146. The average molecular weight is 503 g/mol. The van der Waals surface area contributed by atoms with E-state index in [1.54, 1.807) is 4.90 Å². The lowest BCUT2D eigenvalue weighted by Gasteiger charge is -2.27. The third-order valence-corrected chi connectivity index (χ3v) is 7.24. The van der Waals surface area contributed by atoms with E-state index in [0.29, 0.717) is 49.6 Å². The Labute approximate surface area is 204 Å². The highest BCUT2D eigenvalue weighted by Crippen LogP contribution is 2.61. The Bertz CT molecular complexity index is 827. The number of likely N-dealkylation sites (N-methyl/N-ethyl adjacent to an activating group) is 1. The van der Waals surface area contributed by atoms with Crippen molar-refractivity contribution in [3.8, 4) is 6.07 Å². The van der Waals surface area contributed by atoms with Crippen LogP contribution < -0.4 is 16.4 Å². The van der Waals surface area contributed by atoms with Crippen LogP contribution in [0.15, 0.2) is 0 Å². The maximum Gasteiger partial charge on any atom is 0.401 e. The van der Waals surface area contributed by atoms with Crippen LogP contribution in [0.2, 0.25) is 0 Å². The van der Waals surface area contributed by atoms with Crippen LogP contribution in [0.5, 0.6) is 0 Å². The van der Waals surface area contributed by atoms with Crippen LogP contribution in [-0.2, 0) is 14.4 Å². The molecule has 2 aliphatic heterocycles. The molecule has 0 aromatic carbocycles. The van der Waals surface area contributed by atoms with E-state index in [9.17, 15) is 27.6 Å². The van der Waals surface area contributed by atoms with Crippen LogP contribution >= 0.6 is 0 Å². The molecular formula is C23H37F3N6O3. The Kier molecular flexibility index (Phi) is 8.82. The highest BCUT2D eigenvalue weighted by Gasteiger charge is 2.62. The number of amides is 3. The zero-order valence-corrected chi connectivity index (χ0v) is 21.0. The molecule has 9 nitrogen and oxygen atoms in total. The highest BCUT2D eigenvalue weighted by molar-refractivity contribution is 5.82. The largest absolute Gasteiger partial charge is 0.401 e. The molecule has 0 aromatic rings. The van der Waals surface area contributed by atoms with Gasteiger partial charge < -0.3 is 21.3 Å². The molecule has 198 valence electrons. The van der Waals surface area contributed by atoms with Crippen molar-refractivity contribution in [1.82, 2.24) is 20.4 Å². The van der Waals surface area contributed by atoms with Crippen molar-refractivity contribution in [2.24, 2.45) is 28.9 Å². The van der Waals surface area contributed by atoms with Crippen molar-refractivity contribution in [2.45, 2.75) is 64.3 Å². The van der Waals surface area contributed by atoms with Gasteiger partial charge in [-0.1, -0.05) is 13.8 Å². The molecule has 0 aromatic heterocycles. The van der Waals surface area contributed by atoms with E-state index in [4.69, 9.17) is 11.0 Å². The number of likely N-dealkylation sites (tertiary alicyclic amines) is 1. The number of nitrogens with one attached hydrogen (secondary N) is 2. The van der Waals surface area contributed by atoms with Gasteiger partial charge in [-0.2, -0.15) is 18.4 Å². The van der Waals surface area contributed by atoms with Gasteiger partial charge in [0, 0.05) is 31.1 Å². The maximum absolute atomic E-state index is 12.2. The van der Waals surface area contributed by atoms with E-state index < -0.39 is 24.8 Å². The summed E-state index contributed by atoms with van der Waals surface area (Å²) < 4.78 is 36.7. The van der Waals surface area contributed by atoms with E-state index in [0.717, 1.165) is 4.90 Å². The first-order valence-corrected chi connectivity index (χ1v) is 11.7. The van der Waals surface area contributed by atoms with Gasteiger partial charge in [0.25, 0.3) is 0 Å². The number of carbonyl (C=O) groups is 3. The zero-order valence-electron chi connectivity index (χ0n) is 21.0. The molecule has 1 aliphatic carbocycles. The number of hydrogen-bond donors (Lipinski definition) is 3. The Morgan fingerprint density at radius 2 is 1.91 bits per heavy atom. The summed E-state index contributed by atoms with van der Waals surface area (Å²) in [4.78, 5) is 36.6. The SMILES string of the molecule is CC1(C)CC(CC(C#N)NC=O)C(=O)N1.CN(CC(N)C(=O)N1CC2C(C1)C2(C)C)CC(F)(F)F. The summed E-state index contributed by atoms with van der Waals surface area (Å²) in [5.41, 5.74) is 5.84. The van der Waals surface area contributed by atoms with E-state index in [1.165, 1.54) is 7.05 Å². The summed E-state index contributed by atoms with van der Waals surface area (Å²) in [6.45, 7) is 8.50. The number of piperidine rings is 1. The minimum absolute atomic E-state index is 0.0343. The molecule has 35 heavy (non-hydrogen) atoms. The van der Waals surface area contributed by atoms with Crippen LogP contribution in [0.3, 0.4) is 0 Å². The van der Waals surface area contributed by atoms with Crippen LogP contribution in [0.25, 0.3) is 0 Å². The number of nitrogens with zero attached hydrogens (tertiary/aromatic N) is 3. The minimum atomic E-state index is -4.27. The van der Waals surface area contributed by atoms with Crippen molar-refractivity contribution in [3.63, 3.8) is 0 Å². The molecule has 12 heteroatoms. The van der Waals surface area contributed by atoms with E-state index in [1.807, 2.05) is 19.9 Å². The Balaban J connectivity index is 0.000000258. The number of rotatable bonds is 8. The molecule has 5 unspecified atom stereocenters. The number of nitriles is 1. The van der Waals surface area contributed by atoms with Crippen LogP contribution in [0.1, 0.15) is 40.5 Å². The van der Waals surface area contributed by atoms with Crippen molar-refractivity contribution in [3.05, 3.63) is 0 Å². The smallest absolute Gasteiger partial charge is 0.351 e. The fourth-order valence-corrected chi connectivity index (χ4v) is 5.24. The standard InChI is InChI=1S/C13H22F3N3O.C10H15N3O2/c1-12(2)8-4-19(5-9(8)12)11(20)10(17)6-18(3)7-13(14,15)16;1-10(2)4-7(9(15)13-10)3-8(5-11)12-6-14/h8-10H,4-7,17H2,1-3H3;6-8H,3-4H2,1-2H3,(H,12,14)(H,13,15). The van der Waals surface area contributed by atoms with Gasteiger partial charge in [-0.15, -0.1) is 0 Å². The highest BCUT2D eigenvalue weighted by atomic mass is 19.4. The first-order chi connectivity index (χ1) is 16.0. The number of nitrogens with two attached hydrogens (primary N) is 1. The van der Waals surface area contributed by atoms with Crippen LogP contribution in [-0.4, -0.2) is 85.0 Å². The lowest BCUT2D eigenvalue weighted by atomic mass is 9.92. The summed E-state index contributed by atoms with van der Waals surface area (Å²) >= 11 is 0. The molecular weight excluding hydrogens is 465 g/mol. The molecule has 3 amide bonds. The second-order valence-electron chi connectivity index (χ2n) is 11.2. The topological polar surface area (TPSA) is 132 Å². The van der Waals surface area contributed by atoms with Gasteiger partial charge in [0.15, 0.2) is 0 Å². The molecule has 3 fully saturated rings. The molecule has 0 bridgehead atoms. The third-order valence-electron chi connectivity index (χ3n) is 7.24. The zero-order chi connectivity index (χ0) is 26.8. The predicted molar refractivity (Wildman–Crippen MR) is 122 cm³/mol. The fourth-order valence-electron chi connectivity index (χ4n) is 5.24. The Morgan fingerprint density at radius 1 is 1.34 bits per heavy atom. The summed E-state index contributed by atoms with van der Waals surface area (Å²) in [7, 11) is 1.32. The van der Waals surface area contributed by atoms with Crippen LogP contribution in [0.4, 0.5) is 13.2 Å². The average Bonchev–Trinajstić information content (AvgIpc) is 3.04. The molecule has 2 heterocycles. The second kappa shape index (κ2) is 10.7. The Morgan fingerprint density at radius 3 is 2.34 bits per heavy atom. The molecule has 0 radical (unpaired) electrons. The van der Waals surface area contributed by atoms with Crippen molar-refractivity contribution < 1.29 is 27.6 Å². The van der Waals surface area contributed by atoms with Gasteiger partial charge in [0.1, 0.15) is 6.04 Å². The van der Waals surface area contributed by atoms with Gasteiger partial charge in [0.05, 0.1) is 18.7 Å². The lowest BCUT2D eigenvalue weighted by Crippen LogP contribution is -2.50. The van der Waals surface area contributed by atoms with E-state index >= 15 is 0 Å². The summed E-state index contributed by atoms with van der Waals surface area (Å²) in [6, 6.07) is 0.493. The van der Waals surface area contributed by atoms with Crippen molar-refractivity contribution in [2.75, 3.05) is 33.2 Å². The minimum Gasteiger partial charge on any atom is -0.351 e. The van der Waals surface area contributed by atoms with Crippen molar-refractivity contribution >= 4 is 18.2 Å². The summed E-state index contributed by atoms with van der Waals surface area (Å²) in [5, 5.41) is 14.0. The number of fused-ring (bicyclic) bond motifs is 1. The number of carbonyl (C=O) groups excluding carboxylic acids is 3. The van der Waals surface area contributed by atoms with Gasteiger partial charge >= 0.3 is 6.18 Å². The van der Waals surface area contributed by atoms with E-state index in [-0.39, 0.29) is 29.8 Å². The second-order valence-corrected chi connectivity index (χ2v) is 11.2. The number of alkyl halides is 3. The van der Waals surface area contributed by atoms with Crippen LogP contribution in [0, 0.1) is 34.5 Å². The summed E-state index contributed by atoms with van der Waals surface area (Å²) in [6.07, 6.45) is -2.70. The first kappa shape index (κ1) is 28.8. The first-order valence-electron chi connectivity index (χ1n) is 11.7. The normalized spacial score (nSPS) is 27.6. The molecule has 4 N–H and O–H groups in total. The van der Waals surface area contributed by atoms with Gasteiger partial charge in [-0.3, -0.25) is 19.3 Å². The molecule has 2 saturated heterocycles. The van der Waals surface area contributed by atoms with E-state index in [2.05, 4.69) is 24.5 Å². The van der Waals surface area contributed by atoms with Gasteiger partial charge in [-0.05, 0) is 51.0 Å². The third kappa shape index (κ3) is 7.80. The molecule has 3 rings (SSSR count). The quantitative estimate of drug-likeness (QED) is 0.422. The predicted octanol–water partition coefficient (Wildman–Crippen LogP) is 0.852.